The summed E-state index contributed by atoms with van der Waals surface area (Å²) in [7, 11) is 0. The fourth-order valence-electron chi connectivity index (χ4n) is 30.4. The van der Waals surface area contributed by atoms with Crippen LogP contribution in [0.25, 0.3) is 0 Å². The summed E-state index contributed by atoms with van der Waals surface area (Å²) in [4.78, 5) is 53.0. The van der Waals surface area contributed by atoms with Crippen molar-refractivity contribution in [3.63, 3.8) is 0 Å². The number of allylic oxidation sites excluding steroid dienone is 1. The van der Waals surface area contributed by atoms with Gasteiger partial charge in [-0.25, -0.2) is 4.79 Å². The van der Waals surface area contributed by atoms with Gasteiger partial charge in [-0.3, -0.25) is 14.9 Å². The number of Topliss-reactive ketones (excluding diaryl/α,β-unsaturated/α-hetero) is 1. The molecule has 15 fully saturated rings. The van der Waals surface area contributed by atoms with Crippen molar-refractivity contribution in [1.82, 2.24) is 10.2 Å². The SMILES string of the molecule is CC1C2CCCC2CCC1C1C=C2CC3CC4(CCCC4)CC34CC3CC5(C)C6(c7ccoc7CC(C(O)CO)C7CCC8C(C=CN9CNCC89)C7)CC#CC7CCC(Cc8ccccc8)CC7C7(C(O)C(=O)C8C1(C)OC21C4C(=O)OCC81C37)C51OC1C(=O)O6. The van der Waals surface area contributed by atoms with Crippen LogP contribution in [0.1, 0.15) is 172 Å². The van der Waals surface area contributed by atoms with Gasteiger partial charge in [-0.15, -0.1) is 0 Å². The standard InChI is InChI=1S/C79H98N2O11/c1-43-53-15-9-13-46(53)18-20-54(43)59-33-51-32-52-37-73(24-7-8-25-73)40-74(52)36-50-35-71(2)76(57-23-28-88-62(57)34-56(61(83)39-82)48-19-21-55-49(31-48)22-27-81-42-80-38-60(55)81)26-10-14-47-17-16-45(29-44-11-5-4-6-12-44)30-58(47)77(79(71)68(90-79)70(87)91-76)64(50)75-41-89-69(86)66(74)78(51,75)92-72(59,3)65(75)63(84)67(77)85/h4-6,11-12,22-23,27-28,33,43,45-50,52-56,58-61,64-68,80,82-83,85H,7-9,13,15-21,24-26,29-32,34-42H2,1-3H3. The minimum atomic E-state index is -1.57. The molecule has 7 aliphatic heterocycles. The molecular formula is C79H98N2O11. The highest BCUT2D eigenvalue weighted by molar-refractivity contribution is 5.94. The lowest BCUT2D eigenvalue weighted by Crippen LogP contribution is -2.83. The number of nitrogens with zero attached hydrogens (tertiary/aromatic N) is 1. The van der Waals surface area contributed by atoms with Gasteiger partial charge in [0.1, 0.15) is 29.7 Å². The zero-order valence-corrected chi connectivity index (χ0v) is 54.5. The summed E-state index contributed by atoms with van der Waals surface area (Å²) in [5, 5.41) is 42.1. The number of hydrogen-bond donors (Lipinski definition) is 4. The van der Waals surface area contributed by atoms with E-state index in [1.54, 1.807) is 6.26 Å². The summed E-state index contributed by atoms with van der Waals surface area (Å²) >= 11 is 0. The molecule has 29 unspecified atom stereocenters. The molecule has 13 heteroatoms. The lowest BCUT2D eigenvalue weighted by Gasteiger charge is -2.74. The van der Waals surface area contributed by atoms with Crippen molar-refractivity contribution >= 4 is 17.7 Å². The predicted octanol–water partition coefficient (Wildman–Crippen LogP) is 10.8. The van der Waals surface area contributed by atoms with Gasteiger partial charge in [0.15, 0.2) is 17.5 Å². The third kappa shape index (κ3) is 6.71. The van der Waals surface area contributed by atoms with E-state index in [2.05, 4.69) is 91.5 Å². The number of hydrogen-bond acceptors (Lipinski definition) is 13. The first-order valence-electron chi connectivity index (χ1n) is 37.3. The highest BCUT2D eigenvalue weighted by Crippen LogP contribution is 2.92. The van der Waals surface area contributed by atoms with Gasteiger partial charge in [-0.05, 0) is 227 Å². The number of carbonyl (C=O) groups excluding carboxylic acids is 3. The van der Waals surface area contributed by atoms with Crippen molar-refractivity contribution in [2.45, 2.75) is 215 Å². The number of nitrogens with one attached hydrogen (secondary N) is 1. The number of cyclic esters (lactones) is 1. The van der Waals surface area contributed by atoms with Gasteiger partial charge in [0.25, 0.3) is 0 Å². The molecule has 20 rings (SSSR count). The second-order valence-electron chi connectivity index (χ2n) is 35.5. The van der Waals surface area contributed by atoms with Gasteiger partial charge in [-0.1, -0.05) is 93.9 Å². The molecule has 5 saturated heterocycles. The van der Waals surface area contributed by atoms with Crippen LogP contribution in [0.5, 0.6) is 0 Å². The van der Waals surface area contributed by atoms with Gasteiger partial charge in [0, 0.05) is 47.2 Å². The van der Waals surface area contributed by atoms with Gasteiger partial charge in [0.05, 0.1) is 54.9 Å². The summed E-state index contributed by atoms with van der Waals surface area (Å²) in [6, 6.07) is 13.3. The first kappa shape index (κ1) is 57.9. The number of carbonyl (C=O) groups is 3. The largest absolute Gasteiger partial charge is 0.469 e. The smallest absolute Gasteiger partial charge is 0.339 e. The molecule has 8 heterocycles. The highest BCUT2D eigenvalue weighted by atomic mass is 16.7. The maximum Gasteiger partial charge on any atom is 0.339 e. The van der Waals surface area contributed by atoms with Gasteiger partial charge in [-0.2, -0.15) is 0 Å². The average Bonchev–Trinajstić information content (AvgIpc) is 1.35. The Hall–Kier alpha value is -4.29. The fraction of sp³-hybridized carbons (Fsp3) is 0.759. The Balaban J connectivity index is 0.810. The molecule has 10 saturated carbocycles. The third-order valence-electron chi connectivity index (χ3n) is 32.9. The van der Waals surface area contributed by atoms with Crippen LogP contribution >= 0.6 is 0 Å². The average molecular weight is 1250 g/mol. The van der Waals surface area contributed by atoms with E-state index in [1.165, 1.54) is 49.7 Å². The van der Waals surface area contributed by atoms with E-state index in [0.29, 0.717) is 54.7 Å². The van der Waals surface area contributed by atoms with Crippen molar-refractivity contribution < 1.29 is 53.1 Å². The number of esters is 2. The second kappa shape index (κ2) is 19.3. The normalized spacial score (nSPS) is 53.2. The Morgan fingerprint density at radius 1 is 0.880 bits per heavy atom. The van der Waals surface area contributed by atoms with E-state index >= 15 is 19.5 Å². The zero-order valence-electron chi connectivity index (χ0n) is 54.5. The Bertz CT molecular complexity index is 3580. The highest BCUT2D eigenvalue weighted by Gasteiger charge is 3.00. The lowest BCUT2D eigenvalue weighted by atomic mass is 9.28. The number of aliphatic hydroxyl groups is 3. The van der Waals surface area contributed by atoms with Gasteiger partial charge < -0.3 is 43.6 Å². The molecule has 9 bridgehead atoms. The molecule has 0 amide bonds. The second-order valence-corrected chi connectivity index (χ2v) is 35.5. The summed E-state index contributed by atoms with van der Waals surface area (Å²) in [5.74, 6) is 7.78. The number of epoxide rings is 1. The lowest BCUT2D eigenvalue weighted by molar-refractivity contribution is -0.315. The third-order valence-corrected chi connectivity index (χ3v) is 32.9. The fourth-order valence-corrected chi connectivity index (χ4v) is 30.4. The van der Waals surface area contributed by atoms with Crippen LogP contribution in [0, 0.1) is 140 Å². The molecule has 0 radical (unpaired) electrons. The molecule has 4 N–H and O–H groups in total. The van der Waals surface area contributed by atoms with E-state index in [0.717, 1.165) is 108 Å². The quantitative estimate of drug-likeness (QED) is 0.0807. The van der Waals surface area contributed by atoms with Crippen molar-refractivity contribution in [2.75, 3.05) is 26.4 Å². The number of aliphatic hydroxyl groups excluding tert-OH is 3. The van der Waals surface area contributed by atoms with Crippen molar-refractivity contribution in [3.8, 4) is 11.8 Å². The monoisotopic (exact) mass is 1250 g/mol. The number of ketones is 1. The van der Waals surface area contributed by atoms with Crippen LogP contribution < -0.4 is 5.32 Å². The van der Waals surface area contributed by atoms with E-state index in [4.69, 9.17) is 23.4 Å². The summed E-state index contributed by atoms with van der Waals surface area (Å²) in [6.45, 7) is 8.58. The first-order chi connectivity index (χ1) is 44.6. The topological polar surface area (TPSA) is 181 Å². The minimum absolute atomic E-state index is 0.0310. The Labute approximate surface area is 543 Å². The number of furan rings is 1. The maximum absolute atomic E-state index is 17.9. The molecule has 6 spiro atoms. The molecular weight excluding hydrogens is 1150 g/mol. The summed E-state index contributed by atoms with van der Waals surface area (Å²) in [5.41, 5.74) is -6.06. The zero-order chi connectivity index (χ0) is 62.1. The van der Waals surface area contributed by atoms with Crippen LogP contribution in [0.3, 0.4) is 0 Å². The van der Waals surface area contributed by atoms with Crippen LogP contribution in [0.2, 0.25) is 0 Å². The molecule has 13 nitrogen and oxygen atoms in total. The van der Waals surface area contributed by atoms with Crippen LogP contribution in [-0.4, -0.2) is 106 Å². The van der Waals surface area contributed by atoms with Crippen LogP contribution in [0.15, 0.2) is 71.0 Å². The van der Waals surface area contributed by atoms with Crippen LogP contribution in [-0.2, 0) is 51.8 Å². The number of fused-ring (bicyclic) bond motifs is 7. The van der Waals surface area contributed by atoms with E-state index in [1.807, 2.05) is 6.07 Å². The number of rotatable bonds is 9. The van der Waals surface area contributed by atoms with Crippen LogP contribution in [0.4, 0.5) is 0 Å². The molecule has 490 valence electrons. The molecule has 1 aromatic carbocycles. The predicted molar refractivity (Wildman–Crippen MR) is 339 cm³/mol. The molecule has 2 aromatic rings. The van der Waals surface area contributed by atoms with E-state index in [-0.39, 0.29) is 77.5 Å². The Morgan fingerprint density at radius 2 is 1.73 bits per heavy atom. The van der Waals surface area contributed by atoms with Gasteiger partial charge in [0.2, 0.25) is 0 Å². The molecule has 92 heavy (non-hydrogen) atoms. The van der Waals surface area contributed by atoms with Crippen molar-refractivity contribution in [1.29, 1.82) is 0 Å². The van der Waals surface area contributed by atoms with Crippen molar-refractivity contribution in [2.24, 2.45) is 128 Å². The molecule has 18 aliphatic rings. The molecule has 1 aromatic heterocycles. The maximum atomic E-state index is 17.9. The van der Waals surface area contributed by atoms with E-state index < -0.39 is 98.6 Å². The number of benzene rings is 1. The Kier molecular flexibility index (Phi) is 12.1. The molecule has 11 aliphatic carbocycles. The number of ether oxygens (including phenoxy) is 4. The summed E-state index contributed by atoms with van der Waals surface area (Å²) < 4.78 is 38.1. The first-order valence-corrected chi connectivity index (χ1v) is 37.3. The van der Waals surface area contributed by atoms with Gasteiger partial charge >= 0.3 is 11.9 Å². The Morgan fingerprint density at radius 3 is 2.58 bits per heavy atom. The van der Waals surface area contributed by atoms with E-state index in [9.17, 15) is 10.2 Å². The van der Waals surface area contributed by atoms with Crippen molar-refractivity contribution in [3.05, 3.63) is 83.5 Å². The molecule has 29 atom stereocenters. The summed E-state index contributed by atoms with van der Waals surface area (Å²) in [6.07, 6.45) is 26.7. The minimum Gasteiger partial charge on any atom is -0.469 e.